The molecule has 1 aliphatic heterocycles. The lowest BCUT2D eigenvalue weighted by Crippen LogP contribution is -2.46. The second kappa shape index (κ2) is 7.04. The molecule has 1 aliphatic rings. The zero-order valence-electron chi connectivity index (χ0n) is 12.4. The number of halogens is 1. The average molecular weight is 323 g/mol. The molecular formula is C19H15ClN2O. The Hall–Kier alpha value is -2.70. The minimum atomic E-state index is -0.476. The number of rotatable bonds is 2. The number of carbonyl (C=O) groups excluding carboxylic acids is 1. The summed E-state index contributed by atoms with van der Waals surface area (Å²) in [4.78, 5) is 13.8. The van der Waals surface area contributed by atoms with Crippen LogP contribution >= 0.6 is 11.6 Å². The predicted molar refractivity (Wildman–Crippen MR) is 91.6 cm³/mol. The Morgan fingerprint density at radius 2 is 1.70 bits per heavy atom. The van der Waals surface area contributed by atoms with Crippen molar-refractivity contribution >= 4 is 17.6 Å². The van der Waals surface area contributed by atoms with Crippen molar-refractivity contribution in [3.05, 3.63) is 83.0 Å². The van der Waals surface area contributed by atoms with E-state index in [1.807, 2.05) is 60.7 Å². The second-order valence-electron chi connectivity index (χ2n) is 5.15. The summed E-state index contributed by atoms with van der Waals surface area (Å²) >= 11 is 6.28. The number of nitrogens with one attached hydrogen (secondary N) is 1. The Kier molecular flexibility index (Phi) is 4.65. The molecule has 0 saturated carbocycles. The Morgan fingerprint density at radius 3 is 2.39 bits per heavy atom. The van der Waals surface area contributed by atoms with Gasteiger partial charge < -0.3 is 5.32 Å². The summed E-state index contributed by atoms with van der Waals surface area (Å²) in [7, 11) is 0. The van der Waals surface area contributed by atoms with Crippen molar-refractivity contribution in [1.82, 2.24) is 10.2 Å². The zero-order chi connectivity index (χ0) is 16.1. The molecular weight excluding hydrogens is 308 g/mol. The molecule has 1 unspecified atom stereocenters. The largest absolute Gasteiger partial charge is 0.323 e. The second-order valence-corrected chi connectivity index (χ2v) is 5.58. The van der Waals surface area contributed by atoms with Gasteiger partial charge in [0.25, 0.3) is 0 Å². The molecule has 0 aliphatic carbocycles. The lowest BCUT2D eigenvalue weighted by Gasteiger charge is -2.27. The molecule has 2 amide bonds. The van der Waals surface area contributed by atoms with Gasteiger partial charge in [-0.15, -0.1) is 0 Å². The zero-order valence-corrected chi connectivity index (χ0v) is 13.1. The Labute approximate surface area is 140 Å². The highest BCUT2D eigenvalue weighted by molar-refractivity contribution is 6.31. The van der Waals surface area contributed by atoms with E-state index in [1.54, 1.807) is 11.1 Å². The maximum Gasteiger partial charge on any atom is 0.323 e. The SMILES string of the molecule is O=C1NC(C#Cc2ccccc2)C(Cl)=CN1Cc1ccccc1. The standard InChI is InChI=1S/C19H15ClN2O/c20-17-14-22(13-16-9-5-2-6-10-16)19(23)21-18(17)12-11-15-7-3-1-4-8-15/h1-10,14,18H,13H2,(H,21,23). The first-order valence-electron chi connectivity index (χ1n) is 7.27. The number of urea groups is 1. The summed E-state index contributed by atoms with van der Waals surface area (Å²) < 4.78 is 0. The monoisotopic (exact) mass is 322 g/mol. The molecule has 1 heterocycles. The Bertz CT molecular complexity index is 775. The van der Waals surface area contributed by atoms with E-state index in [-0.39, 0.29) is 6.03 Å². The molecule has 1 N–H and O–H groups in total. The van der Waals surface area contributed by atoms with Gasteiger partial charge in [0.2, 0.25) is 0 Å². The summed E-state index contributed by atoms with van der Waals surface area (Å²) in [6, 6.07) is 18.7. The molecule has 2 aromatic carbocycles. The van der Waals surface area contributed by atoms with Gasteiger partial charge in [0, 0.05) is 11.8 Å². The molecule has 3 rings (SSSR count). The van der Waals surface area contributed by atoms with E-state index in [0.717, 1.165) is 11.1 Å². The third-order valence-electron chi connectivity index (χ3n) is 3.41. The number of amides is 2. The highest BCUT2D eigenvalue weighted by Crippen LogP contribution is 2.17. The van der Waals surface area contributed by atoms with Gasteiger partial charge in [-0.3, -0.25) is 4.90 Å². The first kappa shape index (κ1) is 15.2. The van der Waals surface area contributed by atoms with Gasteiger partial charge in [-0.1, -0.05) is 72.0 Å². The van der Waals surface area contributed by atoms with Crippen LogP contribution in [0.4, 0.5) is 4.79 Å². The van der Waals surface area contributed by atoms with E-state index >= 15 is 0 Å². The quantitative estimate of drug-likeness (QED) is 0.840. The predicted octanol–water partition coefficient (Wildman–Crippen LogP) is 3.71. The minimum Gasteiger partial charge on any atom is -0.319 e. The van der Waals surface area contributed by atoms with Crippen LogP contribution in [0.3, 0.4) is 0 Å². The van der Waals surface area contributed by atoms with Gasteiger partial charge >= 0.3 is 6.03 Å². The van der Waals surface area contributed by atoms with E-state index < -0.39 is 6.04 Å². The van der Waals surface area contributed by atoms with Crippen LogP contribution in [0.5, 0.6) is 0 Å². The highest BCUT2D eigenvalue weighted by Gasteiger charge is 2.24. The van der Waals surface area contributed by atoms with Crippen molar-refractivity contribution in [1.29, 1.82) is 0 Å². The lowest BCUT2D eigenvalue weighted by atomic mass is 10.2. The van der Waals surface area contributed by atoms with Gasteiger partial charge in [-0.25, -0.2) is 4.79 Å². The molecule has 0 aromatic heterocycles. The third-order valence-corrected chi connectivity index (χ3v) is 3.73. The number of nitrogens with zero attached hydrogens (tertiary/aromatic N) is 1. The number of benzene rings is 2. The normalized spacial score (nSPS) is 16.9. The molecule has 0 saturated heterocycles. The van der Waals surface area contributed by atoms with E-state index in [0.29, 0.717) is 11.6 Å². The minimum absolute atomic E-state index is 0.203. The van der Waals surface area contributed by atoms with Crippen molar-refractivity contribution in [2.75, 3.05) is 0 Å². The number of hydrogen-bond acceptors (Lipinski definition) is 1. The summed E-state index contributed by atoms with van der Waals surface area (Å²) in [5.41, 5.74) is 1.93. The van der Waals surface area contributed by atoms with Crippen LogP contribution in [-0.4, -0.2) is 17.0 Å². The van der Waals surface area contributed by atoms with Crippen LogP contribution in [0.25, 0.3) is 0 Å². The van der Waals surface area contributed by atoms with Gasteiger partial charge in [0.05, 0.1) is 11.6 Å². The van der Waals surface area contributed by atoms with Crippen LogP contribution in [0, 0.1) is 11.8 Å². The average Bonchev–Trinajstić information content (AvgIpc) is 2.58. The molecule has 0 bridgehead atoms. The van der Waals surface area contributed by atoms with Gasteiger partial charge in [0.15, 0.2) is 0 Å². The van der Waals surface area contributed by atoms with E-state index in [1.165, 1.54) is 0 Å². The fraction of sp³-hybridized carbons (Fsp3) is 0.105. The van der Waals surface area contributed by atoms with Gasteiger partial charge in [-0.2, -0.15) is 0 Å². The highest BCUT2D eigenvalue weighted by atomic mass is 35.5. The maximum absolute atomic E-state index is 12.2. The Balaban J connectivity index is 1.74. The molecule has 0 spiro atoms. The molecule has 0 fully saturated rings. The van der Waals surface area contributed by atoms with Crippen molar-refractivity contribution in [2.24, 2.45) is 0 Å². The van der Waals surface area contributed by atoms with Crippen LogP contribution in [0.1, 0.15) is 11.1 Å². The van der Waals surface area contributed by atoms with E-state index in [9.17, 15) is 4.79 Å². The molecule has 3 nitrogen and oxygen atoms in total. The topological polar surface area (TPSA) is 32.3 Å². The van der Waals surface area contributed by atoms with Crippen molar-refractivity contribution in [3.8, 4) is 11.8 Å². The number of carbonyl (C=O) groups is 1. The van der Waals surface area contributed by atoms with Crippen LogP contribution in [0.15, 0.2) is 71.9 Å². The molecule has 4 heteroatoms. The molecule has 1 atom stereocenters. The fourth-order valence-corrected chi connectivity index (χ4v) is 2.46. The summed E-state index contributed by atoms with van der Waals surface area (Å²) in [6.07, 6.45) is 1.65. The first-order chi connectivity index (χ1) is 11.2. The van der Waals surface area contributed by atoms with Crippen molar-refractivity contribution < 1.29 is 4.79 Å². The lowest BCUT2D eigenvalue weighted by molar-refractivity contribution is 0.209. The van der Waals surface area contributed by atoms with Gasteiger partial charge in [0.1, 0.15) is 6.04 Å². The molecule has 0 radical (unpaired) electrons. The summed E-state index contributed by atoms with van der Waals surface area (Å²) in [6.45, 7) is 0.474. The third kappa shape index (κ3) is 3.94. The molecule has 23 heavy (non-hydrogen) atoms. The van der Waals surface area contributed by atoms with E-state index in [4.69, 9.17) is 11.6 Å². The number of hydrogen-bond donors (Lipinski definition) is 1. The maximum atomic E-state index is 12.2. The van der Waals surface area contributed by atoms with Crippen LogP contribution < -0.4 is 5.32 Å². The van der Waals surface area contributed by atoms with Gasteiger partial charge in [-0.05, 0) is 17.7 Å². The van der Waals surface area contributed by atoms with Crippen LogP contribution in [-0.2, 0) is 6.54 Å². The summed E-state index contributed by atoms with van der Waals surface area (Å²) in [5.74, 6) is 6.01. The molecule has 2 aromatic rings. The first-order valence-corrected chi connectivity index (χ1v) is 7.65. The van der Waals surface area contributed by atoms with Crippen molar-refractivity contribution in [2.45, 2.75) is 12.6 Å². The summed E-state index contributed by atoms with van der Waals surface area (Å²) in [5, 5.41) is 3.32. The van der Waals surface area contributed by atoms with Crippen molar-refractivity contribution in [3.63, 3.8) is 0 Å². The fourth-order valence-electron chi connectivity index (χ4n) is 2.24. The van der Waals surface area contributed by atoms with E-state index in [2.05, 4.69) is 17.2 Å². The smallest absolute Gasteiger partial charge is 0.319 e. The van der Waals surface area contributed by atoms with Crippen LogP contribution in [0.2, 0.25) is 0 Å². The molecule has 114 valence electrons. The Morgan fingerprint density at radius 1 is 1.04 bits per heavy atom.